The van der Waals surface area contributed by atoms with Gasteiger partial charge in [-0.2, -0.15) is 13.2 Å². The van der Waals surface area contributed by atoms with Gasteiger partial charge in [-0.3, -0.25) is 4.79 Å². The summed E-state index contributed by atoms with van der Waals surface area (Å²) in [6.07, 6.45) is -3.10. The van der Waals surface area contributed by atoms with Crippen molar-refractivity contribution in [3.63, 3.8) is 0 Å². The minimum atomic E-state index is -4.49. The molecule has 0 unspecified atom stereocenters. The van der Waals surface area contributed by atoms with Crippen molar-refractivity contribution in [1.29, 1.82) is 0 Å². The van der Waals surface area contributed by atoms with Crippen LogP contribution in [0.4, 0.5) is 13.2 Å². The van der Waals surface area contributed by atoms with E-state index in [1.165, 1.54) is 20.3 Å². The van der Waals surface area contributed by atoms with Crippen LogP contribution in [-0.2, 0) is 19.0 Å². The summed E-state index contributed by atoms with van der Waals surface area (Å²) >= 11 is 0. The quantitative estimate of drug-likeness (QED) is 0.455. The summed E-state index contributed by atoms with van der Waals surface area (Å²) < 4.78 is 51.5. The number of carbonyl (C=O) groups excluding carboxylic acids is 1. The van der Waals surface area contributed by atoms with Crippen molar-refractivity contribution >= 4 is 5.91 Å². The van der Waals surface area contributed by atoms with Gasteiger partial charge >= 0.3 is 6.18 Å². The van der Waals surface area contributed by atoms with Crippen LogP contribution in [0.15, 0.2) is 60.7 Å². The van der Waals surface area contributed by atoms with E-state index in [-0.39, 0.29) is 5.91 Å². The maximum Gasteiger partial charge on any atom is 0.416 e. The highest BCUT2D eigenvalue weighted by molar-refractivity contribution is 5.95. The van der Waals surface area contributed by atoms with Crippen LogP contribution in [0.1, 0.15) is 51.1 Å². The van der Waals surface area contributed by atoms with Gasteiger partial charge in [-0.1, -0.05) is 31.2 Å². The Morgan fingerprint density at radius 1 is 1.00 bits per heavy atom. The average molecular weight is 470 g/mol. The number of ether oxygens (including phenoxy) is 2. The number of benzene rings is 3. The van der Waals surface area contributed by atoms with Gasteiger partial charge < -0.3 is 14.4 Å². The molecular weight excluding hydrogens is 443 g/mol. The zero-order chi connectivity index (χ0) is 24.5. The minimum Gasteiger partial charge on any atom is -0.493 e. The number of amides is 1. The Hall–Kier alpha value is -3.48. The summed E-state index contributed by atoms with van der Waals surface area (Å²) in [7, 11) is 3.04. The Bertz CT molecular complexity index is 1190. The molecule has 0 aromatic heterocycles. The Morgan fingerprint density at radius 3 is 2.29 bits per heavy atom. The van der Waals surface area contributed by atoms with E-state index >= 15 is 0 Å². The summed E-state index contributed by atoms with van der Waals surface area (Å²) in [6.45, 7) is 2.39. The number of fused-ring (bicyclic) bond motifs is 1. The molecule has 34 heavy (non-hydrogen) atoms. The third kappa shape index (κ3) is 4.47. The molecule has 0 N–H and O–H groups in total. The van der Waals surface area contributed by atoms with Crippen LogP contribution in [0.5, 0.6) is 11.5 Å². The second kappa shape index (κ2) is 9.41. The number of halogens is 3. The van der Waals surface area contributed by atoms with E-state index in [2.05, 4.69) is 0 Å². The molecule has 1 aliphatic rings. The lowest BCUT2D eigenvalue weighted by Gasteiger charge is -2.38. The number of rotatable bonds is 5. The standard InChI is InChI=1S/C27H26F3NO3/c1-4-17-8-10-18(11-9-17)26(32)31-13-12-19-15-23(33-2)24(34-3)16-22(19)25(31)20-6-5-7-21(14-20)27(28,29)30/h5-11,14-16,25H,4,12-13H2,1-3H3/t25-/m0/s1. The van der Waals surface area contributed by atoms with Crippen LogP contribution in [0, 0.1) is 0 Å². The lowest BCUT2D eigenvalue weighted by atomic mass is 9.86. The number of carbonyl (C=O) groups is 1. The molecular formula is C27H26F3NO3. The van der Waals surface area contributed by atoms with E-state index in [1.54, 1.807) is 29.2 Å². The maximum absolute atomic E-state index is 13.6. The van der Waals surface area contributed by atoms with Crippen molar-refractivity contribution in [2.75, 3.05) is 20.8 Å². The molecule has 1 heterocycles. The fraction of sp³-hybridized carbons (Fsp3) is 0.296. The van der Waals surface area contributed by atoms with Crippen molar-refractivity contribution in [1.82, 2.24) is 4.90 Å². The van der Waals surface area contributed by atoms with Crippen LogP contribution in [0.3, 0.4) is 0 Å². The Kier molecular flexibility index (Phi) is 6.55. The number of hydrogen-bond acceptors (Lipinski definition) is 3. The second-order valence-electron chi connectivity index (χ2n) is 8.23. The number of aryl methyl sites for hydroxylation is 1. The van der Waals surface area contributed by atoms with Crippen molar-refractivity contribution < 1.29 is 27.4 Å². The largest absolute Gasteiger partial charge is 0.493 e. The number of hydrogen-bond donors (Lipinski definition) is 0. The van der Waals surface area contributed by atoms with Crippen LogP contribution in [-0.4, -0.2) is 31.6 Å². The summed E-state index contributed by atoms with van der Waals surface area (Å²) in [4.78, 5) is 15.2. The molecule has 0 saturated carbocycles. The van der Waals surface area contributed by atoms with Gasteiger partial charge in [0.2, 0.25) is 0 Å². The first-order valence-corrected chi connectivity index (χ1v) is 11.1. The average Bonchev–Trinajstić information content (AvgIpc) is 2.86. The van der Waals surface area contributed by atoms with E-state index in [4.69, 9.17) is 9.47 Å². The predicted octanol–water partition coefficient (Wildman–Crippen LogP) is 6.07. The second-order valence-corrected chi connectivity index (χ2v) is 8.23. The maximum atomic E-state index is 13.6. The topological polar surface area (TPSA) is 38.8 Å². The molecule has 1 aliphatic heterocycles. The molecule has 0 radical (unpaired) electrons. The summed E-state index contributed by atoms with van der Waals surface area (Å²) in [5.41, 5.74) is 2.87. The predicted molar refractivity (Wildman–Crippen MR) is 123 cm³/mol. The molecule has 7 heteroatoms. The van der Waals surface area contributed by atoms with Crippen LogP contribution >= 0.6 is 0 Å². The zero-order valence-corrected chi connectivity index (χ0v) is 19.3. The lowest BCUT2D eigenvalue weighted by Crippen LogP contribution is -2.40. The molecule has 1 amide bonds. The Morgan fingerprint density at radius 2 is 1.68 bits per heavy atom. The monoisotopic (exact) mass is 469 g/mol. The summed E-state index contributed by atoms with van der Waals surface area (Å²) in [5, 5.41) is 0. The van der Waals surface area contributed by atoms with E-state index in [1.807, 2.05) is 25.1 Å². The fourth-order valence-electron chi connectivity index (χ4n) is 4.46. The third-order valence-electron chi connectivity index (χ3n) is 6.27. The van der Waals surface area contributed by atoms with Crippen molar-refractivity contribution in [3.05, 3.63) is 94.0 Å². The molecule has 0 fully saturated rings. The molecule has 1 atom stereocenters. The van der Waals surface area contributed by atoms with Crippen LogP contribution in [0.25, 0.3) is 0 Å². The molecule has 0 bridgehead atoms. The molecule has 4 nitrogen and oxygen atoms in total. The van der Waals surface area contributed by atoms with E-state index in [0.29, 0.717) is 35.6 Å². The van der Waals surface area contributed by atoms with Gasteiger partial charge in [-0.05, 0) is 71.5 Å². The van der Waals surface area contributed by atoms with Crippen LogP contribution < -0.4 is 9.47 Å². The molecule has 4 rings (SSSR count). The van der Waals surface area contributed by atoms with Gasteiger partial charge in [0.05, 0.1) is 25.8 Å². The van der Waals surface area contributed by atoms with Gasteiger partial charge in [0, 0.05) is 12.1 Å². The SMILES string of the molecule is CCc1ccc(C(=O)N2CCc3cc(OC)c(OC)cc3[C@@H]2c2cccc(C(F)(F)F)c2)cc1. The van der Waals surface area contributed by atoms with Crippen molar-refractivity contribution in [2.24, 2.45) is 0 Å². The Labute approximate surface area is 196 Å². The molecule has 0 aliphatic carbocycles. The Balaban J connectivity index is 1.86. The van der Waals surface area contributed by atoms with Gasteiger partial charge in [-0.25, -0.2) is 0 Å². The molecule has 0 saturated heterocycles. The smallest absolute Gasteiger partial charge is 0.416 e. The molecule has 0 spiro atoms. The van der Waals surface area contributed by atoms with Crippen molar-refractivity contribution in [2.45, 2.75) is 32.0 Å². The normalized spacial score (nSPS) is 15.6. The van der Waals surface area contributed by atoms with E-state index < -0.39 is 17.8 Å². The van der Waals surface area contributed by atoms with Gasteiger partial charge in [0.1, 0.15) is 0 Å². The highest BCUT2D eigenvalue weighted by Gasteiger charge is 2.36. The highest BCUT2D eigenvalue weighted by atomic mass is 19.4. The van der Waals surface area contributed by atoms with Gasteiger partial charge in [0.25, 0.3) is 5.91 Å². The van der Waals surface area contributed by atoms with Gasteiger partial charge in [-0.15, -0.1) is 0 Å². The van der Waals surface area contributed by atoms with Crippen LogP contribution in [0.2, 0.25) is 0 Å². The zero-order valence-electron chi connectivity index (χ0n) is 19.3. The van der Waals surface area contributed by atoms with E-state index in [9.17, 15) is 18.0 Å². The first-order valence-electron chi connectivity index (χ1n) is 11.1. The molecule has 178 valence electrons. The molecule has 3 aromatic rings. The third-order valence-corrected chi connectivity index (χ3v) is 6.27. The molecule has 3 aromatic carbocycles. The number of nitrogens with zero attached hydrogens (tertiary/aromatic N) is 1. The van der Waals surface area contributed by atoms with Crippen molar-refractivity contribution in [3.8, 4) is 11.5 Å². The number of alkyl halides is 3. The first-order chi connectivity index (χ1) is 16.3. The highest BCUT2D eigenvalue weighted by Crippen LogP contribution is 2.42. The minimum absolute atomic E-state index is 0.231. The summed E-state index contributed by atoms with van der Waals surface area (Å²) in [6, 6.07) is 15.4. The fourth-order valence-corrected chi connectivity index (χ4v) is 4.46. The lowest BCUT2D eigenvalue weighted by molar-refractivity contribution is -0.137. The first kappa shape index (κ1) is 23.7. The summed E-state index contributed by atoms with van der Waals surface area (Å²) in [5.74, 6) is 0.768. The number of methoxy groups -OCH3 is 2. The van der Waals surface area contributed by atoms with Gasteiger partial charge in [0.15, 0.2) is 11.5 Å². The van der Waals surface area contributed by atoms with E-state index in [0.717, 1.165) is 35.2 Å².